The van der Waals surface area contributed by atoms with Crippen LogP contribution >= 0.6 is 0 Å². The molecule has 0 amide bonds. The minimum Gasteiger partial charge on any atom is -0.438 e. The number of halogens is 5. The van der Waals surface area contributed by atoms with Crippen LogP contribution in [0.25, 0.3) is 0 Å². The highest BCUT2D eigenvalue weighted by Crippen LogP contribution is 2.34. The molecule has 0 spiro atoms. The highest BCUT2D eigenvalue weighted by atomic mass is 19.4. The molecule has 26 heavy (non-hydrogen) atoms. The third kappa shape index (κ3) is 2.91. The first-order valence-corrected chi connectivity index (χ1v) is 7.68. The Balaban J connectivity index is 1.57. The fourth-order valence-electron chi connectivity index (χ4n) is 2.89. The number of alkyl halides is 3. The van der Waals surface area contributed by atoms with E-state index >= 15 is 0 Å². The summed E-state index contributed by atoms with van der Waals surface area (Å²) in [7, 11) is 0. The Bertz CT molecular complexity index is 945. The predicted molar refractivity (Wildman–Crippen MR) is 83.7 cm³/mol. The van der Waals surface area contributed by atoms with E-state index in [1.54, 1.807) is 0 Å². The van der Waals surface area contributed by atoms with Crippen LogP contribution in [0.5, 0.6) is 5.75 Å². The van der Waals surface area contributed by atoms with Crippen molar-refractivity contribution in [2.24, 2.45) is 4.99 Å². The van der Waals surface area contributed by atoms with Crippen molar-refractivity contribution in [2.45, 2.75) is 12.6 Å². The number of rotatable bonds is 1. The van der Waals surface area contributed by atoms with Gasteiger partial charge in [0.25, 0.3) is 0 Å². The molecule has 3 nitrogen and oxygen atoms in total. The fraction of sp³-hybridized carbons (Fsp3) is 0.167. The van der Waals surface area contributed by atoms with Crippen LogP contribution in [0.4, 0.5) is 22.0 Å². The fourth-order valence-corrected chi connectivity index (χ4v) is 2.89. The lowest BCUT2D eigenvalue weighted by Gasteiger charge is -2.27. The first-order valence-electron chi connectivity index (χ1n) is 7.68. The Morgan fingerprint density at radius 2 is 1.77 bits per heavy atom. The molecule has 134 valence electrons. The third-order valence-electron chi connectivity index (χ3n) is 4.16. The van der Waals surface area contributed by atoms with Gasteiger partial charge in [0.05, 0.1) is 12.1 Å². The number of benzene rings is 2. The molecular formula is C18H11F5N2O. The zero-order chi connectivity index (χ0) is 18.5. The molecule has 2 aliphatic heterocycles. The topological polar surface area (TPSA) is 33.6 Å². The Morgan fingerprint density at radius 3 is 2.46 bits per heavy atom. The summed E-state index contributed by atoms with van der Waals surface area (Å²) in [6.07, 6.45) is -4.14. The van der Waals surface area contributed by atoms with Crippen molar-refractivity contribution in [2.75, 3.05) is 6.54 Å². The molecule has 2 aliphatic rings. The maximum absolute atomic E-state index is 13.9. The summed E-state index contributed by atoms with van der Waals surface area (Å²) in [5.74, 6) is -0.971. The van der Waals surface area contributed by atoms with Crippen LogP contribution in [0, 0.1) is 11.6 Å². The van der Waals surface area contributed by atoms with E-state index in [0.717, 1.165) is 18.2 Å². The van der Waals surface area contributed by atoms with Gasteiger partial charge < -0.3 is 10.1 Å². The highest BCUT2D eigenvalue weighted by molar-refractivity contribution is 6.00. The Morgan fingerprint density at radius 1 is 1.04 bits per heavy atom. The van der Waals surface area contributed by atoms with Crippen molar-refractivity contribution in [3.8, 4) is 5.75 Å². The van der Waals surface area contributed by atoms with E-state index in [1.807, 2.05) is 0 Å². The predicted octanol–water partition coefficient (Wildman–Crippen LogP) is 4.18. The average molecular weight is 366 g/mol. The smallest absolute Gasteiger partial charge is 0.416 e. The standard InChI is InChI=1S/C18H11F5N2O/c19-13-6-10-5-11-8-24-16(25-17(11)26-15(10)14(20)7-13)9-1-3-12(4-2-9)18(21,22)23/h1-4,6-7H,5,8H2,(H,24,25). The van der Waals surface area contributed by atoms with E-state index in [9.17, 15) is 22.0 Å². The number of nitrogens with zero attached hydrogens (tertiary/aromatic N) is 1. The Hall–Kier alpha value is -2.90. The van der Waals surface area contributed by atoms with Crippen LogP contribution < -0.4 is 10.1 Å². The maximum Gasteiger partial charge on any atom is 0.416 e. The lowest BCUT2D eigenvalue weighted by Crippen LogP contribution is -2.35. The second-order valence-corrected chi connectivity index (χ2v) is 5.95. The van der Waals surface area contributed by atoms with E-state index in [4.69, 9.17) is 4.74 Å². The molecule has 0 saturated heterocycles. The summed E-state index contributed by atoms with van der Waals surface area (Å²) in [6.45, 7) is 0.219. The minimum atomic E-state index is -4.42. The van der Waals surface area contributed by atoms with Crippen LogP contribution in [0.1, 0.15) is 16.7 Å². The largest absolute Gasteiger partial charge is 0.438 e. The van der Waals surface area contributed by atoms with E-state index in [1.165, 1.54) is 18.2 Å². The van der Waals surface area contributed by atoms with Gasteiger partial charge in [0.1, 0.15) is 11.7 Å². The van der Waals surface area contributed by atoms with Crippen molar-refractivity contribution in [1.29, 1.82) is 0 Å². The van der Waals surface area contributed by atoms with Crippen LogP contribution in [0.3, 0.4) is 0 Å². The molecule has 2 aromatic carbocycles. The zero-order valence-corrected chi connectivity index (χ0v) is 13.1. The van der Waals surface area contributed by atoms with Crippen LogP contribution in [0.15, 0.2) is 52.8 Å². The van der Waals surface area contributed by atoms with Gasteiger partial charge in [-0.2, -0.15) is 13.2 Å². The summed E-state index contributed by atoms with van der Waals surface area (Å²) in [6, 6.07) is 6.46. The van der Waals surface area contributed by atoms with Crippen molar-refractivity contribution in [3.05, 3.63) is 76.2 Å². The van der Waals surface area contributed by atoms with Gasteiger partial charge in [0.15, 0.2) is 11.6 Å². The van der Waals surface area contributed by atoms with Crippen molar-refractivity contribution >= 4 is 5.84 Å². The molecule has 0 radical (unpaired) electrons. The van der Waals surface area contributed by atoms with E-state index in [0.29, 0.717) is 22.5 Å². The molecule has 2 aromatic rings. The summed E-state index contributed by atoms with van der Waals surface area (Å²) in [4.78, 5) is 4.29. The number of amidine groups is 1. The molecule has 0 aliphatic carbocycles. The van der Waals surface area contributed by atoms with Gasteiger partial charge in [-0.05, 0) is 18.2 Å². The van der Waals surface area contributed by atoms with Crippen LogP contribution in [-0.2, 0) is 12.6 Å². The molecule has 2 heterocycles. The van der Waals surface area contributed by atoms with Gasteiger partial charge in [-0.1, -0.05) is 12.1 Å². The SMILES string of the molecule is Fc1cc(F)c2c(c1)CC1=C(NC(c3ccc(C(F)(F)F)cc3)=NC1)O2. The van der Waals surface area contributed by atoms with Crippen LogP contribution in [-0.4, -0.2) is 12.4 Å². The second-order valence-electron chi connectivity index (χ2n) is 5.95. The number of ether oxygens (including phenoxy) is 1. The van der Waals surface area contributed by atoms with E-state index in [2.05, 4.69) is 10.3 Å². The number of hydrogen-bond donors (Lipinski definition) is 1. The number of hydrogen-bond acceptors (Lipinski definition) is 3. The summed E-state index contributed by atoms with van der Waals surface area (Å²) in [5.41, 5.74) is 0.775. The van der Waals surface area contributed by atoms with E-state index in [-0.39, 0.29) is 24.6 Å². The first kappa shape index (κ1) is 16.6. The quantitative estimate of drug-likeness (QED) is 0.769. The van der Waals surface area contributed by atoms with Crippen molar-refractivity contribution < 1.29 is 26.7 Å². The molecular weight excluding hydrogens is 355 g/mol. The second kappa shape index (κ2) is 5.82. The Labute approximate surface area is 144 Å². The Kier molecular flexibility index (Phi) is 3.71. The third-order valence-corrected chi connectivity index (χ3v) is 4.16. The number of nitrogens with one attached hydrogen (secondary N) is 1. The lowest BCUT2D eigenvalue weighted by atomic mass is 10.0. The first-order chi connectivity index (χ1) is 12.3. The molecule has 8 heteroatoms. The monoisotopic (exact) mass is 366 g/mol. The van der Waals surface area contributed by atoms with Gasteiger partial charge in [0.2, 0.25) is 5.88 Å². The van der Waals surface area contributed by atoms with Gasteiger partial charge in [0, 0.05) is 29.2 Å². The molecule has 0 aromatic heterocycles. The normalized spacial score (nSPS) is 16.3. The lowest BCUT2D eigenvalue weighted by molar-refractivity contribution is -0.137. The average Bonchev–Trinajstić information content (AvgIpc) is 2.59. The summed E-state index contributed by atoms with van der Waals surface area (Å²) >= 11 is 0. The van der Waals surface area contributed by atoms with Gasteiger partial charge in [-0.3, -0.25) is 4.99 Å². The molecule has 0 unspecified atom stereocenters. The highest BCUT2D eigenvalue weighted by Gasteiger charge is 2.31. The zero-order valence-electron chi connectivity index (χ0n) is 13.1. The van der Waals surface area contributed by atoms with Crippen molar-refractivity contribution in [1.82, 2.24) is 5.32 Å². The molecule has 0 bridgehead atoms. The molecule has 4 rings (SSSR count). The number of aliphatic imine (C=N–C) groups is 1. The van der Waals surface area contributed by atoms with Gasteiger partial charge in [-0.25, -0.2) is 8.78 Å². The molecule has 0 fully saturated rings. The summed E-state index contributed by atoms with van der Waals surface area (Å²) < 4.78 is 70.7. The summed E-state index contributed by atoms with van der Waals surface area (Å²) in [5, 5.41) is 2.88. The minimum absolute atomic E-state index is 0.0636. The van der Waals surface area contributed by atoms with Crippen LogP contribution in [0.2, 0.25) is 0 Å². The van der Waals surface area contributed by atoms with E-state index < -0.39 is 23.4 Å². The van der Waals surface area contributed by atoms with Gasteiger partial charge in [-0.15, -0.1) is 0 Å². The molecule has 0 saturated carbocycles. The van der Waals surface area contributed by atoms with Gasteiger partial charge >= 0.3 is 6.18 Å². The molecule has 0 atom stereocenters. The number of fused-ring (bicyclic) bond motifs is 1. The molecule has 1 N–H and O–H groups in total. The maximum atomic E-state index is 13.9. The van der Waals surface area contributed by atoms with Crippen molar-refractivity contribution in [3.63, 3.8) is 0 Å².